The number of likely N-dealkylation sites (N-methyl/N-ethyl adjacent to an activating group) is 1. The molecule has 1 unspecified atom stereocenters. The molecule has 1 fully saturated rings. The number of amides is 1. The minimum absolute atomic E-state index is 0.183. The first-order valence-corrected chi connectivity index (χ1v) is 11.5. The molecule has 0 radical (unpaired) electrons. The molecule has 2 aromatic carbocycles. The van der Waals surface area contributed by atoms with E-state index in [0.717, 1.165) is 50.2 Å². The molecule has 0 bridgehead atoms. The van der Waals surface area contributed by atoms with E-state index < -0.39 is 17.7 Å². The molecule has 5 rings (SSSR count). The summed E-state index contributed by atoms with van der Waals surface area (Å²) in [5.41, 5.74) is 11.1. The highest BCUT2D eigenvalue weighted by Gasteiger charge is 2.46. The van der Waals surface area contributed by atoms with Crippen LogP contribution in [0.5, 0.6) is 0 Å². The van der Waals surface area contributed by atoms with Crippen molar-refractivity contribution in [2.75, 3.05) is 33.3 Å². The zero-order valence-corrected chi connectivity index (χ0v) is 18.8. The number of nitrogens with zero attached hydrogens (tertiary/aromatic N) is 2. The standard InChI is InChI=1S/C26H29F2N3O2/c1-30-15-20-16-33-26(21(20)13-24(30)32)8-10-31(11-9-26)14-17-2-4-18(5-3-17)25(29)19-6-7-22(27)23(28)12-19/h2-7,12,25H,8-11,13-16,29H2,1H3. The number of carbonyl (C=O) groups is 1. The molecule has 2 aromatic rings. The molecule has 3 heterocycles. The van der Waals surface area contributed by atoms with Crippen molar-refractivity contribution >= 4 is 5.91 Å². The van der Waals surface area contributed by atoms with Gasteiger partial charge in [0.25, 0.3) is 0 Å². The molecule has 5 nitrogen and oxygen atoms in total. The van der Waals surface area contributed by atoms with Gasteiger partial charge in [-0.2, -0.15) is 0 Å². The molecular formula is C26H29F2N3O2. The summed E-state index contributed by atoms with van der Waals surface area (Å²) >= 11 is 0. The maximum absolute atomic E-state index is 13.6. The predicted molar refractivity (Wildman–Crippen MR) is 121 cm³/mol. The van der Waals surface area contributed by atoms with Gasteiger partial charge >= 0.3 is 0 Å². The molecule has 1 atom stereocenters. The number of fused-ring (bicyclic) bond motifs is 1. The fraction of sp³-hybridized carbons (Fsp3) is 0.423. The Bertz CT molecular complexity index is 1090. The van der Waals surface area contributed by atoms with E-state index in [9.17, 15) is 13.6 Å². The summed E-state index contributed by atoms with van der Waals surface area (Å²) in [5, 5.41) is 0. The number of benzene rings is 2. The summed E-state index contributed by atoms with van der Waals surface area (Å²) in [4.78, 5) is 16.4. The lowest BCUT2D eigenvalue weighted by Crippen LogP contribution is -2.46. The van der Waals surface area contributed by atoms with Gasteiger partial charge in [-0.05, 0) is 52.8 Å². The SMILES string of the molecule is CN1CC2=C(CC1=O)C1(CCN(Cc3ccc(C(N)c4ccc(F)c(F)c4)cc3)CC1)OC2. The molecule has 0 aromatic heterocycles. The minimum Gasteiger partial charge on any atom is -0.366 e. The van der Waals surface area contributed by atoms with E-state index in [2.05, 4.69) is 4.90 Å². The molecule has 0 aliphatic carbocycles. The van der Waals surface area contributed by atoms with Gasteiger partial charge < -0.3 is 15.4 Å². The van der Waals surface area contributed by atoms with E-state index >= 15 is 0 Å². The average molecular weight is 454 g/mol. The van der Waals surface area contributed by atoms with Crippen molar-refractivity contribution in [3.05, 3.63) is 81.9 Å². The number of halogens is 2. The Morgan fingerprint density at radius 1 is 1.06 bits per heavy atom. The Hall–Kier alpha value is -2.61. The molecule has 33 heavy (non-hydrogen) atoms. The van der Waals surface area contributed by atoms with Crippen LogP contribution in [-0.2, 0) is 16.1 Å². The van der Waals surface area contributed by atoms with Crippen molar-refractivity contribution in [2.24, 2.45) is 5.73 Å². The van der Waals surface area contributed by atoms with Crippen LogP contribution in [-0.4, -0.2) is 54.6 Å². The molecule has 7 heteroatoms. The Labute approximate surface area is 192 Å². The van der Waals surface area contributed by atoms with Gasteiger partial charge in [-0.1, -0.05) is 30.3 Å². The van der Waals surface area contributed by atoms with Gasteiger partial charge in [0.2, 0.25) is 5.91 Å². The predicted octanol–water partition coefficient (Wildman–Crippen LogP) is 3.54. The first kappa shape index (κ1) is 22.2. The third-order valence-corrected chi connectivity index (χ3v) is 7.39. The first-order chi connectivity index (χ1) is 15.8. The molecule has 1 saturated heterocycles. The lowest BCUT2D eigenvalue weighted by atomic mass is 9.80. The number of rotatable bonds is 4. The van der Waals surface area contributed by atoms with Gasteiger partial charge in [0.15, 0.2) is 11.6 Å². The van der Waals surface area contributed by atoms with Gasteiger partial charge in [0.1, 0.15) is 0 Å². The number of likely N-dealkylation sites (tertiary alicyclic amines) is 1. The highest BCUT2D eigenvalue weighted by molar-refractivity contribution is 5.81. The Balaban J connectivity index is 1.20. The Morgan fingerprint density at radius 2 is 1.76 bits per heavy atom. The van der Waals surface area contributed by atoms with Gasteiger partial charge in [-0.3, -0.25) is 9.69 Å². The second-order valence-electron chi connectivity index (χ2n) is 9.46. The fourth-order valence-corrected chi connectivity index (χ4v) is 5.31. The third-order valence-electron chi connectivity index (χ3n) is 7.39. The quantitative estimate of drug-likeness (QED) is 0.720. The van der Waals surface area contributed by atoms with Crippen LogP contribution in [0.1, 0.15) is 42.0 Å². The van der Waals surface area contributed by atoms with E-state index in [-0.39, 0.29) is 11.5 Å². The van der Waals surface area contributed by atoms with Crippen LogP contribution in [0.15, 0.2) is 53.6 Å². The molecule has 2 N–H and O–H groups in total. The van der Waals surface area contributed by atoms with E-state index in [1.54, 1.807) is 4.90 Å². The molecule has 0 saturated carbocycles. The topological polar surface area (TPSA) is 58.8 Å². The van der Waals surface area contributed by atoms with E-state index in [0.29, 0.717) is 25.1 Å². The van der Waals surface area contributed by atoms with Crippen LogP contribution in [0, 0.1) is 11.6 Å². The molecule has 1 spiro atoms. The number of hydrogen-bond acceptors (Lipinski definition) is 4. The molecule has 1 amide bonds. The lowest BCUT2D eigenvalue weighted by Gasteiger charge is -2.41. The third kappa shape index (κ3) is 4.21. The van der Waals surface area contributed by atoms with Crippen LogP contribution in [0.3, 0.4) is 0 Å². The maximum atomic E-state index is 13.6. The summed E-state index contributed by atoms with van der Waals surface area (Å²) in [5.74, 6) is -1.58. The Kier molecular flexibility index (Phi) is 5.80. The molecule has 3 aliphatic heterocycles. The number of hydrogen-bond donors (Lipinski definition) is 1. The van der Waals surface area contributed by atoms with Crippen LogP contribution in [0.4, 0.5) is 8.78 Å². The Morgan fingerprint density at radius 3 is 2.45 bits per heavy atom. The van der Waals surface area contributed by atoms with Gasteiger partial charge in [-0.15, -0.1) is 0 Å². The van der Waals surface area contributed by atoms with Gasteiger partial charge in [0, 0.05) is 33.2 Å². The molecule has 3 aliphatic rings. The second kappa shape index (κ2) is 8.63. The van der Waals surface area contributed by atoms with Crippen molar-refractivity contribution < 1.29 is 18.3 Å². The smallest absolute Gasteiger partial charge is 0.226 e. The summed E-state index contributed by atoms with van der Waals surface area (Å²) in [6.07, 6.45) is 2.30. The van der Waals surface area contributed by atoms with Crippen molar-refractivity contribution in [3.63, 3.8) is 0 Å². The molecular weight excluding hydrogens is 424 g/mol. The highest BCUT2D eigenvalue weighted by atomic mass is 19.2. The zero-order valence-electron chi connectivity index (χ0n) is 18.8. The lowest BCUT2D eigenvalue weighted by molar-refractivity contribution is -0.129. The largest absolute Gasteiger partial charge is 0.366 e. The monoisotopic (exact) mass is 453 g/mol. The van der Waals surface area contributed by atoms with E-state index in [1.807, 2.05) is 31.3 Å². The average Bonchev–Trinajstić information content (AvgIpc) is 3.14. The summed E-state index contributed by atoms with van der Waals surface area (Å²) in [6, 6.07) is 11.3. The minimum atomic E-state index is -0.888. The molecule has 174 valence electrons. The number of carbonyl (C=O) groups excluding carboxylic acids is 1. The van der Waals surface area contributed by atoms with Crippen molar-refractivity contribution in [1.29, 1.82) is 0 Å². The van der Waals surface area contributed by atoms with Crippen molar-refractivity contribution in [3.8, 4) is 0 Å². The summed E-state index contributed by atoms with van der Waals surface area (Å²) in [7, 11) is 1.86. The zero-order chi connectivity index (χ0) is 23.2. The van der Waals surface area contributed by atoms with Gasteiger partial charge in [0.05, 0.1) is 24.7 Å². The van der Waals surface area contributed by atoms with Gasteiger partial charge in [-0.25, -0.2) is 8.78 Å². The number of nitrogens with two attached hydrogens (primary N) is 1. The highest BCUT2D eigenvalue weighted by Crippen LogP contribution is 2.44. The van der Waals surface area contributed by atoms with Crippen LogP contribution in [0.2, 0.25) is 0 Å². The summed E-state index contributed by atoms with van der Waals surface area (Å²) < 4.78 is 33.0. The van der Waals surface area contributed by atoms with Crippen LogP contribution in [0.25, 0.3) is 0 Å². The summed E-state index contributed by atoms with van der Waals surface area (Å²) in [6.45, 7) is 3.99. The number of piperidine rings is 1. The second-order valence-corrected chi connectivity index (χ2v) is 9.46. The van der Waals surface area contributed by atoms with Crippen molar-refractivity contribution in [1.82, 2.24) is 9.80 Å². The first-order valence-electron chi connectivity index (χ1n) is 11.5. The number of ether oxygens (including phenoxy) is 1. The van der Waals surface area contributed by atoms with E-state index in [1.165, 1.54) is 22.8 Å². The fourth-order valence-electron chi connectivity index (χ4n) is 5.31. The van der Waals surface area contributed by atoms with Crippen LogP contribution < -0.4 is 5.73 Å². The maximum Gasteiger partial charge on any atom is 0.226 e. The normalized spacial score (nSPS) is 21.6. The van der Waals surface area contributed by atoms with E-state index in [4.69, 9.17) is 10.5 Å². The van der Waals surface area contributed by atoms with Crippen LogP contribution >= 0.6 is 0 Å². The van der Waals surface area contributed by atoms with Crippen molar-refractivity contribution in [2.45, 2.75) is 37.5 Å².